The third-order valence-electron chi connectivity index (χ3n) is 7.82. The van der Waals surface area contributed by atoms with Crippen molar-refractivity contribution in [2.75, 3.05) is 43.7 Å². The summed E-state index contributed by atoms with van der Waals surface area (Å²) < 4.78 is 11.4. The lowest BCUT2D eigenvalue weighted by molar-refractivity contribution is 0.114. The predicted octanol–water partition coefficient (Wildman–Crippen LogP) is 9.89. The van der Waals surface area contributed by atoms with E-state index in [-0.39, 0.29) is 65.2 Å². The van der Waals surface area contributed by atoms with Gasteiger partial charge in [0.2, 0.25) is 0 Å². The summed E-state index contributed by atoms with van der Waals surface area (Å²) in [5.41, 5.74) is 21.0. The van der Waals surface area contributed by atoms with E-state index in [4.69, 9.17) is 31.8 Å². The molecule has 0 aliphatic heterocycles. The highest BCUT2D eigenvalue weighted by Gasteiger charge is 2.06. The van der Waals surface area contributed by atoms with Gasteiger partial charge in [-0.05, 0) is 42.4 Å². The fraction of sp³-hybridized carbons (Fsp3) is 0.550. The Balaban J connectivity index is -0.000000828. The maximum absolute atomic E-state index is 8.66. The molecule has 51 heavy (non-hydrogen) atoms. The number of rotatable bonds is 24. The first-order valence-electron chi connectivity index (χ1n) is 17.8. The zero-order valence-corrected chi connectivity index (χ0v) is 36.8. The number of halogens is 2. The summed E-state index contributed by atoms with van der Waals surface area (Å²) in [6.45, 7) is 2.77. The van der Waals surface area contributed by atoms with Gasteiger partial charge in [-0.15, -0.1) is 0 Å². The molecule has 0 amide bonds. The molecule has 0 saturated carbocycles. The van der Waals surface area contributed by atoms with Gasteiger partial charge in [-0.1, -0.05) is 174 Å². The summed E-state index contributed by atoms with van der Waals surface area (Å²) in [5, 5.41) is 11.0. The van der Waals surface area contributed by atoms with Crippen LogP contribution in [0.3, 0.4) is 0 Å². The Kier molecular flexibility index (Phi) is 43.6. The van der Waals surface area contributed by atoms with Crippen LogP contribution in [0.1, 0.15) is 112 Å². The van der Waals surface area contributed by atoms with E-state index in [0.717, 1.165) is 42.7 Å². The van der Waals surface area contributed by atoms with E-state index in [2.05, 4.69) is 31.9 Å². The second-order valence-electron chi connectivity index (χ2n) is 12.0. The SMILES string of the molecule is BrCCCCCCCCBr.N[C@H](CO)c1ccccc1.N[C@H](COCCCCCCCCOC[C@@H](N)c1ccccc1)c1ccccc1.S.S.S. The van der Waals surface area contributed by atoms with Crippen LogP contribution in [0.2, 0.25) is 0 Å². The van der Waals surface area contributed by atoms with Gasteiger partial charge in [-0.3, -0.25) is 0 Å². The van der Waals surface area contributed by atoms with E-state index >= 15 is 0 Å². The minimum absolute atomic E-state index is 0. The molecule has 0 aromatic heterocycles. The molecule has 294 valence electrons. The van der Waals surface area contributed by atoms with Crippen LogP contribution >= 0.6 is 72.3 Å². The number of aliphatic hydroxyl groups is 1. The minimum atomic E-state index is -0.235. The molecule has 0 aliphatic rings. The van der Waals surface area contributed by atoms with Gasteiger partial charge in [0.05, 0.1) is 37.9 Å². The van der Waals surface area contributed by atoms with Crippen LogP contribution in [0, 0.1) is 0 Å². The van der Waals surface area contributed by atoms with Crippen molar-refractivity contribution >= 4 is 72.3 Å². The van der Waals surface area contributed by atoms with Crippen molar-refractivity contribution < 1.29 is 14.6 Å². The number of aliphatic hydroxyl groups excluding tert-OH is 1. The maximum atomic E-state index is 8.66. The number of benzene rings is 3. The Hall–Kier alpha value is -0.570. The van der Waals surface area contributed by atoms with Crippen molar-refractivity contribution in [1.29, 1.82) is 0 Å². The molecular weight excluding hydrogens is 826 g/mol. The van der Waals surface area contributed by atoms with E-state index in [1.54, 1.807) is 0 Å². The average Bonchev–Trinajstić information content (AvgIpc) is 3.14. The zero-order chi connectivity index (χ0) is 34.9. The van der Waals surface area contributed by atoms with Crippen molar-refractivity contribution in [3.05, 3.63) is 108 Å². The van der Waals surface area contributed by atoms with E-state index in [0.29, 0.717) is 13.2 Å². The summed E-state index contributed by atoms with van der Waals surface area (Å²) in [6.07, 6.45) is 15.4. The molecule has 3 atom stereocenters. The van der Waals surface area contributed by atoms with E-state index in [1.165, 1.54) is 74.9 Å². The molecule has 3 rings (SSSR count). The standard InChI is InChI=1S/C24H36N2O2.C8H16Br2.C8H11NO.3H2S/c25-23(21-13-7-5-8-14-21)19-27-17-11-3-1-2-4-12-18-28-20-24(26)22-15-9-6-10-16-22;9-7-5-3-1-2-4-6-8-10;9-8(6-10)7-4-2-1-3-5-7;;;/h5-10,13-16,23-24H,1-4,11-12,17-20,25-26H2;1-8H2;1-5,8,10H,6,9H2;3*1H2/t23-,24-;;8-;;;/m1.1.../s1. The van der Waals surface area contributed by atoms with Crippen molar-refractivity contribution in [1.82, 2.24) is 0 Å². The summed E-state index contributed by atoms with van der Waals surface area (Å²) >= 11 is 6.85. The highest BCUT2D eigenvalue weighted by atomic mass is 79.9. The zero-order valence-electron chi connectivity index (χ0n) is 30.6. The van der Waals surface area contributed by atoms with Crippen molar-refractivity contribution in [3.8, 4) is 0 Å². The monoisotopic (exact) mass is 893 g/mol. The molecule has 3 aromatic carbocycles. The Morgan fingerprint density at radius 1 is 0.431 bits per heavy atom. The minimum Gasteiger partial charge on any atom is -0.394 e. The molecule has 0 heterocycles. The fourth-order valence-corrected chi connectivity index (χ4v) is 5.62. The normalized spacial score (nSPS) is 11.9. The predicted molar refractivity (Wildman–Crippen MR) is 243 cm³/mol. The lowest BCUT2D eigenvalue weighted by Crippen LogP contribution is -2.17. The number of alkyl halides is 2. The first-order valence-corrected chi connectivity index (χ1v) is 20.1. The van der Waals surface area contributed by atoms with Crippen LogP contribution in [0.5, 0.6) is 0 Å². The quantitative estimate of drug-likeness (QED) is 0.0526. The van der Waals surface area contributed by atoms with E-state index < -0.39 is 0 Å². The van der Waals surface area contributed by atoms with Crippen molar-refractivity contribution in [2.45, 2.75) is 95.2 Å². The third kappa shape index (κ3) is 31.5. The second kappa shape index (κ2) is 40.6. The molecule has 0 radical (unpaired) electrons. The van der Waals surface area contributed by atoms with Crippen LogP contribution in [0.15, 0.2) is 91.0 Å². The molecule has 11 heteroatoms. The van der Waals surface area contributed by atoms with Crippen molar-refractivity contribution in [3.63, 3.8) is 0 Å². The largest absolute Gasteiger partial charge is 0.394 e. The summed E-state index contributed by atoms with van der Waals surface area (Å²) in [6, 6.07) is 29.5. The molecule has 0 aliphatic carbocycles. The summed E-state index contributed by atoms with van der Waals surface area (Å²) in [7, 11) is 0. The van der Waals surface area contributed by atoms with Gasteiger partial charge in [-0.25, -0.2) is 0 Å². The van der Waals surface area contributed by atoms with Gasteiger partial charge < -0.3 is 31.8 Å². The number of hydrogen-bond acceptors (Lipinski definition) is 6. The lowest BCUT2D eigenvalue weighted by Gasteiger charge is -2.12. The highest BCUT2D eigenvalue weighted by molar-refractivity contribution is 9.09. The first-order chi connectivity index (χ1) is 23.5. The van der Waals surface area contributed by atoms with Gasteiger partial charge in [0.25, 0.3) is 0 Å². The number of unbranched alkanes of at least 4 members (excludes halogenated alkanes) is 10. The van der Waals surface area contributed by atoms with Gasteiger partial charge in [0.15, 0.2) is 0 Å². The number of hydrogen-bond donors (Lipinski definition) is 4. The molecule has 0 bridgehead atoms. The average molecular weight is 896 g/mol. The van der Waals surface area contributed by atoms with Gasteiger partial charge in [0.1, 0.15) is 0 Å². The van der Waals surface area contributed by atoms with Crippen LogP contribution in [-0.4, -0.2) is 48.8 Å². The molecule has 7 N–H and O–H groups in total. The molecular formula is C40H69Br2N3O3S3. The van der Waals surface area contributed by atoms with Gasteiger partial charge in [-0.2, -0.15) is 40.5 Å². The third-order valence-corrected chi connectivity index (χ3v) is 8.94. The Morgan fingerprint density at radius 3 is 1.00 bits per heavy atom. The topological polar surface area (TPSA) is 117 Å². The molecule has 0 fully saturated rings. The smallest absolute Gasteiger partial charge is 0.0659 e. The van der Waals surface area contributed by atoms with Crippen LogP contribution in [0.25, 0.3) is 0 Å². The van der Waals surface area contributed by atoms with Crippen molar-refractivity contribution in [2.24, 2.45) is 17.2 Å². The molecule has 0 saturated heterocycles. The van der Waals surface area contributed by atoms with E-state index in [9.17, 15) is 0 Å². The van der Waals surface area contributed by atoms with Crippen LogP contribution in [0.4, 0.5) is 0 Å². The van der Waals surface area contributed by atoms with Gasteiger partial charge in [0, 0.05) is 23.9 Å². The van der Waals surface area contributed by atoms with Crippen LogP contribution in [-0.2, 0) is 9.47 Å². The Bertz CT molecular complexity index is 1020. The first kappa shape index (κ1) is 54.8. The molecule has 0 unspecified atom stereocenters. The number of ether oxygens (including phenoxy) is 2. The Labute approximate surface area is 348 Å². The summed E-state index contributed by atoms with van der Waals surface area (Å²) in [5.74, 6) is 0. The lowest BCUT2D eigenvalue weighted by atomic mass is 10.1. The highest BCUT2D eigenvalue weighted by Crippen LogP contribution is 2.13. The molecule has 3 aromatic rings. The van der Waals surface area contributed by atoms with Gasteiger partial charge >= 0.3 is 0 Å². The molecule has 0 spiro atoms. The summed E-state index contributed by atoms with van der Waals surface area (Å²) in [4.78, 5) is 0. The van der Waals surface area contributed by atoms with E-state index in [1.807, 2.05) is 91.0 Å². The Morgan fingerprint density at radius 2 is 0.706 bits per heavy atom. The molecule has 6 nitrogen and oxygen atoms in total. The van der Waals surface area contributed by atoms with Crippen LogP contribution < -0.4 is 17.2 Å². The fourth-order valence-electron chi connectivity index (χ4n) is 4.83. The number of nitrogens with two attached hydrogens (primary N) is 3. The second-order valence-corrected chi connectivity index (χ2v) is 13.6. The maximum Gasteiger partial charge on any atom is 0.0659 e.